The number of urea groups is 1. The van der Waals surface area contributed by atoms with Crippen molar-refractivity contribution in [3.63, 3.8) is 0 Å². The largest absolute Gasteiger partial charge is 0.352 e. The van der Waals surface area contributed by atoms with Crippen molar-refractivity contribution < 1.29 is 9.59 Å². The second-order valence-corrected chi connectivity index (χ2v) is 7.22. The molecule has 0 aliphatic heterocycles. The standard InChI is InChI=1S/C19H27N3O2/c1-13(17-10-15-7-8-16(17)9-15)22-18(23)12-21-19(24)20-11-14-5-3-2-4-6-14/h2-6,13,15-17H,7-12H2,1H3,(H,22,23)(H2,20,21,24)/t13-,15+,16+,17+/m1/s1. The van der Waals surface area contributed by atoms with Crippen molar-refractivity contribution in [3.05, 3.63) is 35.9 Å². The maximum atomic E-state index is 12.0. The van der Waals surface area contributed by atoms with E-state index in [9.17, 15) is 9.59 Å². The second-order valence-electron chi connectivity index (χ2n) is 7.22. The third-order valence-corrected chi connectivity index (χ3v) is 5.53. The van der Waals surface area contributed by atoms with E-state index in [0.29, 0.717) is 12.5 Å². The molecule has 2 aliphatic rings. The molecule has 2 saturated carbocycles. The molecule has 1 aromatic carbocycles. The molecule has 1 aromatic rings. The summed E-state index contributed by atoms with van der Waals surface area (Å²) >= 11 is 0. The van der Waals surface area contributed by atoms with Gasteiger partial charge in [-0.05, 0) is 49.5 Å². The summed E-state index contributed by atoms with van der Waals surface area (Å²) in [6.45, 7) is 2.57. The molecule has 24 heavy (non-hydrogen) atoms. The number of amides is 3. The molecule has 5 nitrogen and oxygen atoms in total. The lowest BCUT2D eigenvalue weighted by Gasteiger charge is -2.28. The zero-order valence-corrected chi connectivity index (χ0v) is 14.3. The predicted molar refractivity (Wildman–Crippen MR) is 93.2 cm³/mol. The Morgan fingerprint density at radius 3 is 2.58 bits per heavy atom. The van der Waals surface area contributed by atoms with Gasteiger partial charge in [0.05, 0.1) is 6.54 Å². The van der Waals surface area contributed by atoms with Gasteiger partial charge in [-0.25, -0.2) is 4.79 Å². The number of rotatable bonds is 6. The molecule has 0 unspecified atom stereocenters. The number of hydrogen-bond acceptors (Lipinski definition) is 2. The Kier molecular flexibility index (Phi) is 5.38. The molecule has 5 heteroatoms. The van der Waals surface area contributed by atoms with Gasteiger partial charge in [-0.15, -0.1) is 0 Å². The van der Waals surface area contributed by atoms with Gasteiger partial charge in [0.2, 0.25) is 5.91 Å². The van der Waals surface area contributed by atoms with Gasteiger partial charge < -0.3 is 16.0 Å². The quantitative estimate of drug-likeness (QED) is 0.750. The van der Waals surface area contributed by atoms with Crippen LogP contribution in [-0.2, 0) is 11.3 Å². The van der Waals surface area contributed by atoms with Crippen LogP contribution in [-0.4, -0.2) is 24.5 Å². The van der Waals surface area contributed by atoms with Crippen LogP contribution in [0.1, 0.15) is 38.2 Å². The molecule has 3 amide bonds. The third kappa shape index (κ3) is 4.28. The highest BCUT2D eigenvalue weighted by atomic mass is 16.2. The number of fused-ring (bicyclic) bond motifs is 2. The Labute approximate surface area is 143 Å². The fourth-order valence-electron chi connectivity index (χ4n) is 4.32. The summed E-state index contributed by atoms with van der Waals surface area (Å²) in [7, 11) is 0. The summed E-state index contributed by atoms with van der Waals surface area (Å²) in [5.41, 5.74) is 1.03. The number of benzene rings is 1. The molecule has 3 N–H and O–H groups in total. The van der Waals surface area contributed by atoms with E-state index >= 15 is 0 Å². The Morgan fingerprint density at radius 1 is 1.12 bits per heavy atom. The Balaban J connectivity index is 1.34. The van der Waals surface area contributed by atoms with Crippen LogP contribution in [0.25, 0.3) is 0 Å². The lowest BCUT2D eigenvalue weighted by molar-refractivity contribution is -0.121. The van der Waals surface area contributed by atoms with Crippen molar-refractivity contribution in [1.29, 1.82) is 0 Å². The summed E-state index contributed by atoms with van der Waals surface area (Å²) in [6.07, 6.45) is 5.27. The first-order valence-corrected chi connectivity index (χ1v) is 8.97. The zero-order valence-electron chi connectivity index (χ0n) is 14.3. The smallest absolute Gasteiger partial charge is 0.315 e. The molecule has 0 spiro atoms. The van der Waals surface area contributed by atoms with Crippen molar-refractivity contribution in [3.8, 4) is 0 Å². The van der Waals surface area contributed by atoms with Crippen LogP contribution < -0.4 is 16.0 Å². The molecule has 0 radical (unpaired) electrons. The SMILES string of the molecule is C[C@@H](NC(=O)CNC(=O)NCc1ccccc1)[C@@H]1C[C@H]2CC[C@H]1C2. The second kappa shape index (κ2) is 7.69. The molecule has 130 valence electrons. The molecule has 2 bridgehead atoms. The fraction of sp³-hybridized carbons (Fsp3) is 0.579. The lowest BCUT2D eigenvalue weighted by atomic mass is 9.84. The first-order chi connectivity index (χ1) is 11.6. The van der Waals surface area contributed by atoms with E-state index in [1.807, 2.05) is 30.3 Å². The molecule has 2 fully saturated rings. The van der Waals surface area contributed by atoms with Gasteiger partial charge in [0, 0.05) is 12.6 Å². The summed E-state index contributed by atoms with van der Waals surface area (Å²) in [5.74, 6) is 2.16. The molecule has 0 heterocycles. The minimum Gasteiger partial charge on any atom is -0.352 e. The van der Waals surface area contributed by atoms with Crippen molar-refractivity contribution in [2.45, 2.75) is 45.2 Å². The van der Waals surface area contributed by atoms with E-state index < -0.39 is 0 Å². The van der Waals surface area contributed by atoms with Crippen molar-refractivity contribution >= 4 is 11.9 Å². The summed E-state index contributed by atoms with van der Waals surface area (Å²) in [4.78, 5) is 23.8. The monoisotopic (exact) mass is 329 g/mol. The van der Waals surface area contributed by atoms with Crippen molar-refractivity contribution in [2.75, 3.05) is 6.54 Å². The number of carbonyl (C=O) groups excluding carboxylic acids is 2. The fourth-order valence-corrected chi connectivity index (χ4v) is 4.32. The molecule has 4 atom stereocenters. The molecule has 0 aromatic heterocycles. The molecular weight excluding hydrogens is 302 g/mol. The highest BCUT2D eigenvalue weighted by Crippen LogP contribution is 2.49. The van der Waals surface area contributed by atoms with Gasteiger partial charge in [0.15, 0.2) is 0 Å². The van der Waals surface area contributed by atoms with E-state index in [1.165, 1.54) is 25.7 Å². The van der Waals surface area contributed by atoms with Crippen LogP contribution in [0.4, 0.5) is 4.79 Å². The van der Waals surface area contributed by atoms with E-state index in [0.717, 1.165) is 17.4 Å². The minimum atomic E-state index is -0.318. The van der Waals surface area contributed by atoms with Crippen LogP contribution in [0, 0.1) is 17.8 Å². The highest BCUT2D eigenvalue weighted by molar-refractivity contribution is 5.84. The molecule has 3 rings (SSSR count). The maximum Gasteiger partial charge on any atom is 0.315 e. The van der Waals surface area contributed by atoms with Crippen LogP contribution >= 0.6 is 0 Å². The molecule has 2 aliphatic carbocycles. The van der Waals surface area contributed by atoms with Crippen LogP contribution in [0.15, 0.2) is 30.3 Å². The number of nitrogens with one attached hydrogen (secondary N) is 3. The average Bonchev–Trinajstić information content (AvgIpc) is 3.22. The van der Waals surface area contributed by atoms with E-state index in [2.05, 4.69) is 22.9 Å². The van der Waals surface area contributed by atoms with Crippen LogP contribution in [0.5, 0.6) is 0 Å². The van der Waals surface area contributed by atoms with Gasteiger partial charge >= 0.3 is 6.03 Å². The molecule has 0 saturated heterocycles. The normalized spacial score (nSPS) is 26.0. The zero-order chi connectivity index (χ0) is 16.9. The van der Waals surface area contributed by atoms with Gasteiger partial charge in [-0.2, -0.15) is 0 Å². The van der Waals surface area contributed by atoms with Gasteiger partial charge in [0.25, 0.3) is 0 Å². The topological polar surface area (TPSA) is 70.2 Å². The van der Waals surface area contributed by atoms with Gasteiger partial charge in [0.1, 0.15) is 0 Å². The summed E-state index contributed by atoms with van der Waals surface area (Å²) in [5, 5.41) is 8.43. The summed E-state index contributed by atoms with van der Waals surface area (Å²) in [6, 6.07) is 9.57. The first-order valence-electron chi connectivity index (χ1n) is 8.97. The lowest BCUT2D eigenvalue weighted by Crippen LogP contribution is -2.46. The predicted octanol–water partition coefficient (Wildman–Crippen LogP) is 2.43. The minimum absolute atomic E-state index is 0.0196. The maximum absolute atomic E-state index is 12.0. The summed E-state index contributed by atoms with van der Waals surface area (Å²) < 4.78 is 0. The Morgan fingerprint density at radius 2 is 1.92 bits per heavy atom. The number of carbonyl (C=O) groups is 2. The number of hydrogen-bond donors (Lipinski definition) is 3. The van der Waals surface area contributed by atoms with Crippen LogP contribution in [0.3, 0.4) is 0 Å². The van der Waals surface area contributed by atoms with E-state index in [1.54, 1.807) is 0 Å². The van der Waals surface area contributed by atoms with E-state index in [4.69, 9.17) is 0 Å². The van der Waals surface area contributed by atoms with Crippen molar-refractivity contribution in [2.24, 2.45) is 17.8 Å². The third-order valence-electron chi connectivity index (χ3n) is 5.53. The molecular formula is C19H27N3O2. The van der Waals surface area contributed by atoms with E-state index in [-0.39, 0.29) is 24.5 Å². The highest BCUT2D eigenvalue weighted by Gasteiger charge is 2.42. The Hall–Kier alpha value is -2.04. The van der Waals surface area contributed by atoms with Gasteiger partial charge in [-0.3, -0.25) is 4.79 Å². The van der Waals surface area contributed by atoms with Crippen molar-refractivity contribution in [1.82, 2.24) is 16.0 Å². The van der Waals surface area contributed by atoms with Gasteiger partial charge in [-0.1, -0.05) is 36.8 Å². The first kappa shape index (κ1) is 16.8. The van der Waals surface area contributed by atoms with Crippen LogP contribution in [0.2, 0.25) is 0 Å². The Bertz CT molecular complexity index is 575. The average molecular weight is 329 g/mol.